The SMILES string of the molecule is COC(=O)c1ccc2nc3c(cc2c1)C(=O)CC(C)C3. The summed E-state index contributed by atoms with van der Waals surface area (Å²) < 4.78 is 4.71. The number of benzene rings is 1. The summed E-state index contributed by atoms with van der Waals surface area (Å²) in [6.45, 7) is 2.06. The average Bonchev–Trinajstić information content (AvgIpc) is 2.44. The van der Waals surface area contributed by atoms with Crippen molar-refractivity contribution in [2.24, 2.45) is 5.92 Å². The quantitative estimate of drug-likeness (QED) is 0.747. The second-order valence-electron chi connectivity index (χ2n) is 5.32. The molecule has 20 heavy (non-hydrogen) atoms. The van der Waals surface area contributed by atoms with E-state index in [0.717, 1.165) is 23.0 Å². The van der Waals surface area contributed by atoms with E-state index in [1.807, 2.05) is 6.07 Å². The zero-order chi connectivity index (χ0) is 14.3. The number of Topliss-reactive ketones (excluding diaryl/α,β-unsaturated/α-hetero) is 1. The molecule has 1 atom stereocenters. The molecule has 0 spiro atoms. The van der Waals surface area contributed by atoms with Gasteiger partial charge in [0.15, 0.2) is 5.78 Å². The Morgan fingerprint density at radius 2 is 2.10 bits per heavy atom. The lowest BCUT2D eigenvalue weighted by Crippen LogP contribution is -2.19. The van der Waals surface area contributed by atoms with Crippen LogP contribution < -0.4 is 0 Å². The van der Waals surface area contributed by atoms with Crippen LogP contribution in [0, 0.1) is 5.92 Å². The standard InChI is InChI=1S/C16H15NO3/c1-9-5-14-12(15(18)6-9)8-11-7-10(16(19)20-2)3-4-13(11)17-14/h3-4,7-9H,5-6H2,1-2H3. The highest BCUT2D eigenvalue weighted by Crippen LogP contribution is 2.27. The molecule has 0 N–H and O–H groups in total. The minimum atomic E-state index is -0.385. The van der Waals surface area contributed by atoms with Crippen molar-refractivity contribution in [3.05, 3.63) is 41.1 Å². The maximum Gasteiger partial charge on any atom is 0.337 e. The summed E-state index contributed by atoms with van der Waals surface area (Å²) in [4.78, 5) is 28.2. The summed E-state index contributed by atoms with van der Waals surface area (Å²) in [5.74, 6) is 0.0930. The van der Waals surface area contributed by atoms with E-state index in [2.05, 4.69) is 11.9 Å². The van der Waals surface area contributed by atoms with E-state index in [-0.39, 0.29) is 11.8 Å². The fourth-order valence-corrected chi connectivity index (χ4v) is 2.69. The van der Waals surface area contributed by atoms with Crippen molar-refractivity contribution in [2.75, 3.05) is 7.11 Å². The highest BCUT2D eigenvalue weighted by atomic mass is 16.5. The number of ketones is 1. The van der Waals surface area contributed by atoms with Crippen LogP contribution in [0.5, 0.6) is 0 Å². The number of ether oxygens (including phenoxy) is 1. The number of rotatable bonds is 1. The predicted molar refractivity (Wildman–Crippen MR) is 74.9 cm³/mol. The molecule has 1 heterocycles. The van der Waals surface area contributed by atoms with Gasteiger partial charge in [-0.3, -0.25) is 9.78 Å². The molecule has 4 heteroatoms. The second-order valence-corrected chi connectivity index (χ2v) is 5.32. The van der Waals surface area contributed by atoms with Crippen LogP contribution in [0.15, 0.2) is 24.3 Å². The first-order valence-electron chi connectivity index (χ1n) is 6.63. The number of hydrogen-bond donors (Lipinski definition) is 0. The minimum Gasteiger partial charge on any atom is -0.465 e. The molecule has 2 aromatic rings. The molecule has 1 aromatic heterocycles. The second kappa shape index (κ2) is 4.71. The number of pyridine rings is 1. The summed E-state index contributed by atoms with van der Waals surface area (Å²) in [7, 11) is 1.35. The third-order valence-corrected chi connectivity index (χ3v) is 3.69. The van der Waals surface area contributed by atoms with E-state index in [0.29, 0.717) is 23.5 Å². The van der Waals surface area contributed by atoms with Crippen molar-refractivity contribution in [2.45, 2.75) is 19.8 Å². The van der Waals surface area contributed by atoms with E-state index in [9.17, 15) is 9.59 Å². The van der Waals surface area contributed by atoms with Crippen LogP contribution in [0.4, 0.5) is 0 Å². The molecule has 102 valence electrons. The van der Waals surface area contributed by atoms with E-state index < -0.39 is 0 Å². The van der Waals surface area contributed by atoms with Gasteiger partial charge in [-0.2, -0.15) is 0 Å². The number of methoxy groups -OCH3 is 1. The Morgan fingerprint density at radius 1 is 1.30 bits per heavy atom. The van der Waals surface area contributed by atoms with Gasteiger partial charge in [-0.1, -0.05) is 6.92 Å². The smallest absolute Gasteiger partial charge is 0.337 e. The van der Waals surface area contributed by atoms with Crippen LogP contribution in [-0.4, -0.2) is 23.8 Å². The Labute approximate surface area is 116 Å². The molecule has 1 unspecified atom stereocenters. The molecule has 0 amide bonds. The zero-order valence-electron chi connectivity index (χ0n) is 11.5. The summed E-state index contributed by atoms with van der Waals surface area (Å²) >= 11 is 0. The average molecular weight is 269 g/mol. The van der Waals surface area contributed by atoms with Crippen molar-refractivity contribution in [3.63, 3.8) is 0 Å². The molecule has 1 aliphatic rings. The number of carbonyl (C=O) groups excluding carboxylic acids is 2. The Bertz CT molecular complexity index is 721. The van der Waals surface area contributed by atoms with Gasteiger partial charge in [-0.25, -0.2) is 4.79 Å². The zero-order valence-corrected chi connectivity index (χ0v) is 11.5. The van der Waals surface area contributed by atoms with Gasteiger partial charge in [0, 0.05) is 17.4 Å². The van der Waals surface area contributed by atoms with Crippen LogP contribution in [0.2, 0.25) is 0 Å². The van der Waals surface area contributed by atoms with Gasteiger partial charge in [0.1, 0.15) is 0 Å². The molecule has 0 aliphatic heterocycles. The van der Waals surface area contributed by atoms with Crippen molar-refractivity contribution in [3.8, 4) is 0 Å². The highest BCUT2D eigenvalue weighted by molar-refractivity contribution is 6.02. The van der Waals surface area contributed by atoms with Gasteiger partial charge >= 0.3 is 5.97 Å². The molecule has 0 bridgehead atoms. The molecular weight excluding hydrogens is 254 g/mol. The molecule has 4 nitrogen and oxygen atoms in total. The molecule has 0 saturated carbocycles. The maximum absolute atomic E-state index is 12.1. The van der Waals surface area contributed by atoms with Crippen molar-refractivity contribution >= 4 is 22.7 Å². The molecule has 3 rings (SSSR count). The van der Waals surface area contributed by atoms with Crippen LogP contribution in [-0.2, 0) is 11.2 Å². The Hall–Kier alpha value is -2.23. The third-order valence-electron chi connectivity index (χ3n) is 3.69. The van der Waals surface area contributed by atoms with Crippen molar-refractivity contribution < 1.29 is 14.3 Å². The lowest BCUT2D eigenvalue weighted by molar-refractivity contribution is 0.0600. The van der Waals surface area contributed by atoms with Gasteiger partial charge in [0.2, 0.25) is 0 Å². The largest absolute Gasteiger partial charge is 0.465 e. The van der Waals surface area contributed by atoms with Gasteiger partial charge in [-0.15, -0.1) is 0 Å². The normalized spacial score (nSPS) is 17.9. The Balaban J connectivity index is 2.16. The molecular formula is C16H15NO3. The fourth-order valence-electron chi connectivity index (χ4n) is 2.69. The van der Waals surface area contributed by atoms with Crippen molar-refractivity contribution in [1.82, 2.24) is 4.98 Å². The van der Waals surface area contributed by atoms with Crippen LogP contribution in [0.25, 0.3) is 10.9 Å². The van der Waals surface area contributed by atoms with Crippen LogP contribution in [0.3, 0.4) is 0 Å². The summed E-state index contributed by atoms with van der Waals surface area (Å²) in [5.41, 5.74) is 2.83. The number of esters is 1. The number of hydrogen-bond acceptors (Lipinski definition) is 4. The summed E-state index contributed by atoms with van der Waals surface area (Å²) in [6, 6.07) is 7.06. The van der Waals surface area contributed by atoms with Crippen LogP contribution >= 0.6 is 0 Å². The van der Waals surface area contributed by atoms with Gasteiger partial charge in [0.25, 0.3) is 0 Å². The summed E-state index contributed by atoms with van der Waals surface area (Å²) in [6.07, 6.45) is 1.40. The predicted octanol–water partition coefficient (Wildman–Crippen LogP) is 2.79. The molecule has 0 fully saturated rings. The topological polar surface area (TPSA) is 56.3 Å². The lowest BCUT2D eigenvalue weighted by Gasteiger charge is -2.20. The van der Waals surface area contributed by atoms with Gasteiger partial charge in [0.05, 0.1) is 23.9 Å². The number of fused-ring (bicyclic) bond motifs is 2. The minimum absolute atomic E-state index is 0.136. The molecule has 1 aliphatic carbocycles. The number of nitrogens with zero attached hydrogens (tertiary/aromatic N) is 1. The maximum atomic E-state index is 12.1. The molecule has 1 aromatic carbocycles. The van der Waals surface area contributed by atoms with E-state index in [1.165, 1.54) is 7.11 Å². The molecule has 0 saturated heterocycles. The summed E-state index contributed by atoms with van der Waals surface area (Å²) in [5, 5.41) is 0.801. The van der Waals surface area contributed by atoms with Gasteiger partial charge in [-0.05, 0) is 36.6 Å². The lowest BCUT2D eigenvalue weighted by atomic mass is 9.86. The monoisotopic (exact) mass is 269 g/mol. The first-order valence-corrected chi connectivity index (χ1v) is 6.63. The van der Waals surface area contributed by atoms with Gasteiger partial charge < -0.3 is 4.74 Å². The Kier molecular flexibility index (Phi) is 3.01. The Morgan fingerprint density at radius 3 is 2.85 bits per heavy atom. The number of carbonyl (C=O) groups is 2. The number of aromatic nitrogens is 1. The highest BCUT2D eigenvalue weighted by Gasteiger charge is 2.24. The first-order chi connectivity index (χ1) is 9.58. The fraction of sp³-hybridized carbons (Fsp3) is 0.312. The van der Waals surface area contributed by atoms with E-state index in [1.54, 1.807) is 18.2 Å². The van der Waals surface area contributed by atoms with Crippen molar-refractivity contribution in [1.29, 1.82) is 0 Å². The first kappa shape index (κ1) is 12.8. The van der Waals surface area contributed by atoms with E-state index in [4.69, 9.17) is 4.74 Å². The van der Waals surface area contributed by atoms with E-state index >= 15 is 0 Å². The molecule has 0 radical (unpaired) electrons. The van der Waals surface area contributed by atoms with Crippen LogP contribution in [0.1, 0.15) is 39.8 Å². The third kappa shape index (κ3) is 2.07.